The van der Waals surface area contributed by atoms with Crippen molar-refractivity contribution in [1.29, 1.82) is 0 Å². The van der Waals surface area contributed by atoms with E-state index in [1.165, 1.54) is 28.6 Å². The lowest BCUT2D eigenvalue weighted by Crippen LogP contribution is -2.64. The van der Waals surface area contributed by atoms with Crippen LogP contribution >= 0.6 is 0 Å². The maximum absolute atomic E-state index is 13.5. The molecule has 10 heteroatoms. The number of nitrogens with zero attached hydrogens (tertiary/aromatic N) is 3. The largest absolute Gasteiger partial charge is 0.478 e. The molecule has 0 spiro atoms. The number of rotatable bonds is 4. The highest BCUT2D eigenvalue weighted by molar-refractivity contribution is 7.01. The number of amides is 2. The highest BCUT2D eigenvalue weighted by atomic mass is 28.3. The van der Waals surface area contributed by atoms with E-state index in [0.717, 1.165) is 49.7 Å². The zero-order valence-corrected chi connectivity index (χ0v) is 31.9. The Bertz CT molecular complexity index is 2350. The summed E-state index contributed by atoms with van der Waals surface area (Å²) in [5.41, 5.74) is 7.16. The molecule has 0 radical (unpaired) electrons. The Morgan fingerprint density at radius 3 is 2.14 bits per heavy atom. The second-order valence-electron chi connectivity index (χ2n) is 15.9. The summed E-state index contributed by atoms with van der Waals surface area (Å²) in [6.45, 7) is 17.7. The van der Waals surface area contributed by atoms with E-state index in [-0.39, 0.29) is 35.0 Å². The summed E-state index contributed by atoms with van der Waals surface area (Å²) in [6, 6.07) is 13.3. The molecular formula is C41H44N3O6Si+. The summed E-state index contributed by atoms with van der Waals surface area (Å²) in [5.74, 6) is -3.23. The Morgan fingerprint density at radius 2 is 1.49 bits per heavy atom. The first-order valence-electron chi connectivity index (χ1n) is 17.3. The van der Waals surface area contributed by atoms with Crippen LogP contribution in [0.25, 0.3) is 16.7 Å². The standard InChI is InChI=1S/C41H43N3O6Si/c1-22-20-40(3,4)42(7)31-18-33-29(16-26(22)31)37(30-17-27-23(2)21-41(5,6)43(8)32(27)19-34(30)51(33,9)10)28-15-24(11-12-25(28)38(47)48)39(49)50-44-35(45)13-14-36(44)46/h11-12,15-21H,13-14H2,1-10H3/p+1. The fourth-order valence-electron chi connectivity index (χ4n) is 8.28. The minimum absolute atomic E-state index is 0.0274. The highest BCUT2D eigenvalue weighted by Gasteiger charge is 2.41. The summed E-state index contributed by atoms with van der Waals surface area (Å²) in [5, 5.41) is 15.5. The Hall–Kier alpha value is -5.09. The number of carbonyl (C=O) groups is 4. The zero-order chi connectivity index (χ0) is 37.1. The molecule has 1 fully saturated rings. The second kappa shape index (κ2) is 11.2. The molecular weight excluding hydrogens is 659 g/mol. The molecule has 262 valence electrons. The van der Waals surface area contributed by atoms with Crippen LogP contribution in [-0.2, 0) is 14.4 Å². The van der Waals surface area contributed by atoms with E-state index >= 15 is 0 Å². The maximum atomic E-state index is 13.5. The van der Waals surface area contributed by atoms with E-state index in [2.05, 4.69) is 115 Å². The van der Waals surface area contributed by atoms with Crippen LogP contribution in [-0.4, -0.2) is 67.2 Å². The van der Waals surface area contributed by atoms with Gasteiger partial charge in [0.1, 0.15) is 15.1 Å². The van der Waals surface area contributed by atoms with Crippen LogP contribution in [0.3, 0.4) is 0 Å². The zero-order valence-electron chi connectivity index (χ0n) is 30.9. The van der Waals surface area contributed by atoms with E-state index in [9.17, 15) is 24.3 Å². The summed E-state index contributed by atoms with van der Waals surface area (Å²) in [6.07, 6.45) is 4.44. The van der Waals surface area contributed by atoms with Crippen molar-refractivity contribution in [2.45, 2.75) is 78.6 Å². The van der Waals surface area contributed by atoms with Crippen molar-refractivity contribution in [3.63, 3.8) is 0 Å². The van der Waals surface area contributed by atoms with Gasteiger partial charge in [0, 0.05) is 56.6 Å². The average Bonchev–Trinajstić information content (AvgIpc) is 3.37. The first kappa shape index (κ1) is 34.4. The van der Waals surface area contributed by atoms with Crippen molar-refractivity contribution in [2.24, 2.45) is 0 Å². The van der Waals surface area contributed by atoms with Crippen LogP contribution in [0.5, 0.6) is 0 Å². The van der Waals surface area contributed by atoms with Crippen molar-refractivity contribution >= 4 is 64.6 Å². The molecule has 7 rings (SSSR count). The predicted octanol–water partition coefficient (Wildman–Crippen LogP) is 3.94. The molecule has 0 aliphatic carbocycles. The molecule has 1 N–H and O–H groups in total. The number of benzene rings is 3. The van der Waals surface area contributed by atoms with Gasteiger partial charge in [-0.05, 0) is 114 Å². The molecule has 0 bridgehead atoms. The molecule has 51 heavy (non-hydrogen) atoms. The highest BCUT2D eigenvalue weighted by Crippen LogP contribution is 2.41. The molecule has 0 unspecified atom stereocenters. The number of imide groups is 1. The number of allylic oxidation sites excluding steroid dienone is 2. The molecule has 4 heterocycles. The first-order chi connectivity index (χ1) is 23.7. The molecule has 0 aromatic heterocycles. The Morgan fingerprint density at radius 1 is 0.843 bits per heavy atom. The number of hydrogen-bond donors (Lipinski definition) is 1. The Labute approximate surface area is 298 Å². The second-order valence-corrected chi connectivity index (χ2v) is 20.3. The fourth-order valence-corrected chi connectivity index (χ4v) is 11.3. The molecule has 0 saturated carbocycles. The lowest BCUT2D eigenvalue weighted by Gasteiger charge is -2.43. The van der Waals surface area contributed by atoms with E-state index < -0.39 is 31.8 Å². The van der Waals surface area contributed by atoms with Gasteiger partial charge >= 0.3 is 11.9 Å². The molecule has 3 aromatic rings. The lowest BCUT2D eigenvalue weighted by molar-refractivity contribution is -0.172. The topological polar surface area (TPSA) is 107 Å². The van der Waals surface area contributed by atoms with Crippen molar-refractivity contribution < 1.29 is 29.1 Å². The van der Waals surface area contributed by atoms with Crippen LogP contribution in [0.1, 0.15) is 97.4 Å². The van der Waals surface area contributed by atoms with Gasteiger partial charge in [0.2, 0.25) is 5.36 Å². The normalized spacial score (nSPS) is 19.5. The van der Waals surface area contributed by atoms with E-state index in [1.54, 1.807) is 0 Å². The lowest BCUT2D eigenvalue weighted by atomic mass is 9.84. The predicted molar refractivity (Wildman–Crippen MR) is 201 cm³/mol. The number of hydrogen-bond acceptors (Lipinski definition) is 6. The summed E-state index contributed by atoms with van der Waals surface area (Å²) >= 11 is 0. The number of likely N-dealkylation sites (N-methyl/N-ethyl adjacent to an activating group) is 2. The number of carboxylic acids is 1. The van der Waals surface area contributed by atoms with Crippen LogP contribution in [0.15, 0.2) is 54.6 Å². The van der Waals surface area contributed by atoms with Gasteiger partial charge in [0.25, 0.3) is 11.8 Å². The third-order valence-corrected chi connectivity index (χ3v) is 15.1. The molecule has 0 atom stereocenters. The van der Waals surface area contributed by atoms with E-state index in [1.807, 2.05) is 0 Å². The third kappa shape index (κ3) is 5.13. The maximum Gasteiger partial charge on any atom is 0.363 e. The number of carboxylic acid groups (broad SMARTS) is 1. The Kier molecular flexibility index (Phi) is 7.55. The van der Waals surface area contributed by atoms with E-state index in [4.69, 9.17) is 4.84 Å². The quantitative estimate of drug-likeness (QED) is 0.250. The fraction of sp³-hybridized carbons (Fsp3) is 0.341. The number of fused-ring (bicyclic) bond motifs is 4. The van der Waals surface area contributed by atoms with Crippen molar-refractivity contribution in [3.8, 4) is 0 Å². The van der Waals surface area contributed by atoms with Gasteiger partial charge in [-0.3, -0.25) is 9.59 Å². The molecule has 3 aromatic carbocycles. The number of hydroxylamine groups is 2. The van der Waals surface area contributed by atoms with Gasteiger partial charge in [-0.25, -0.2) is 14.2 Å². The number of carbonyl (C=O) groups excluding carboxylic acids is 3. The van der Waals surface area contributed by atoms with Gasteiger partial charge in [-0.2, -0.15) is 0 Å². The number of aromatic carboxylic acids is 1. The van der Waals surface area contributed by atoms with Gasteiger partial charge < -0.3 is 14.8 Å². The Balaban J connectivity index is 1.60. The van der Waals surface area contributed by atoms with Crippen LogP contribution in [0, 0.1) is 0 Å². The number of anilines is 1. The van der Waals surface area contributed by atoms with Gasteiger partial charge in [0.05, 0.1) is 16.7 Å². The van der Waals surface area contributed by atoms with Crippen molar-refractivity contribution in [1.82, 2.24) is 9.64 Å². The summed E-state index contributed by atoms with van der Waals surface area (Å²) in [7, 11) is 1.75. The monoisotopic (exact) mass is 702 g/mol. The minimum atomic E-state index is -2.47. The molecule has 4 aliphatic rings. The van der Waals surface area contributed by atoms with Gasteiger partial charge in [-0.1, -0.05) is 19.2 Å². The molecule has 1 saturated heterocycles. The van der Waals surface area contributed by atoms with Crippen molar-refractivity contribution in [3.05, 3.63) is 98.6 Å². The smallest absolute Gasteiger partial charge is 0.363 e. The first-order valence-corrected chi connectivity index (χ1v) is 20.3. The van der Waals surface area contributed by atoms with Crippen molar-refractivity contribution in [2.75, 3.05) is 19.0 Å². The molecule has 4 aliphatic heterocycles. The third-order valence-electron chi connectivity index (χ3n) is 11.5. The van der Waals surface area contributed by atoms with Gasteiger partial charge in [-0.15, -0.1) is 5.06 Å². The molecule has 2 amide bonds. The van der Waals surface area contributed by atoms with Crippen LogP contribution in [0.2, 0.25) is 13.1 Å². The SMILES string of the molecule is CC1=CC(C)(C)N(C)c2cc3c(cc21)C(c1cc(C(=O)ON2C(=O)CCC2=O)ccc1C(=O)O)=c1cc2c(cc1[Si]3(C)C)=[N+](C)C(C)(C)C=C2C. The van der Waals surface area contributed by atoms with E-state index in [0.29, 0.717) is 10.6 Å². The van der Waals surface area contributed by atoms with Crippen LogP contribution < -0.4 is 30.4 Å². The summed E-state index contributed by atoms with van der Waals surface area (Å²) in [4.78, 5) is 58.7. The average molecular weight is 703 g/mol. The van der Waals surface area contributed by atoms with Crippen LogP contribution in [0.4, 0.5) is 5.69 Å². The summed E-state index contributed by atoms with van der Waals surface area (Å²) < 4.78 is 2.30. The molecule has 9 nitrogen and oxygen atoms in total. The minimum Gasteiger partial charge on any atom is -0.478 e. The van der Waals surface area contributed by atoms with Gasteiger partial charge in [0.15, 0.2) is 5.54 Å².